The maximum atomic E-state index is 13.8. The molecule has 2 aromatic rings. The normalized spacial score (nSPS) is 20.0. The summed E-state index contributed by atoms with van der Waals surface area (Å²) >= 11 is 0. The minimum absolute atomic E-state index is 0. The number of H-pyrrole nitrogens is 1. The van der Waals surface area contributed by atoms with Crippen LogP contribution in [0.3, 0.4) is 0 Å². The fraction of sp³-hybridized carbons (Fsp3) is 0.476. The van der Waals surface area contributed by atoms with E-state index in [0.717, 1.165) is 64.2 Å². The van der Waals surface area contributed by atoms with Crippen LogP contribution in [0.15, 0.2) is 24.4 Å². The zero-order valence-electron chi connectivity index (χ0n) is 17.0. The maximum Gasteiger partial charge on any atom is 0.271 e. The van der Waals surface area contributed by atoms with E-state index in [1.54, 1.807) is 0 Å². The first-order valence-electron chi connectivity index (χ1n) is 10.4. The van der Waals surface area contributed by atoms with Crippen molar-refractivity contribution < 1.29 is 24.5 Å². The number of hydrogen-bond donors (Lipinski definition) is 3. The summed E-state index contributed by atoms with van der Waals surface area (Å²) in [6, 6.07) is 3.16. The molecule has 2 saturated heterocycles. The molecule has 0 saturated carbocycles. The summed E-state index contributed by atoms with van der Waals surface area (Å²) in [5, 5.41) is 11.6. The molecule has 1 aromatic heterocycles. The number of nitrogens with zero attached hydrogens (tertiary/aromatic N) is 2. The third-order valence-corrected chi connectivity index (χ3v) is 5.77. The van der Waals surface area contributed by atoms with Crippen LogP contribution in [-0.2, 0) is 4.74 Å². The van der Waals surface area contributed by atoms with Crippen molar-refractivity contribution in [2.24, 2.45) is 5.92 Å². The van der Waals surface area contributed by atoms with Gasteiger partial charge in [-0.2, -0.15) is 5.10 Å². The number of benzene rings is 1. The largest absolute Gasteiger partial charge is 0.381 e. The third-order valence-electron chi connectivity index (χ3n) is 5.77. The average Bonchev–Trinajstić information content (AvgIpc) is 3.41. The van der Waals surface area contributed by atoms with Gasteiger partial charge in [0.2, 0.25) is 0 Å². The average molecular weight is 435 g/mol. The molecule has 2 aliphatic rings. The molecule has 8 nitrogen and oxygen atoms in total. The zero-order chi connectivity index (χ0) is 21.8. The summed E-state index contributed by atoms with van der Waals surface area (Å²) in [6.07, 6.45) is 3.96. The predicted molar refractivity (Wildman–Crippen MR) is 111 cm³/mol. The number of carbonyl (C=O) groups is 2. The Morgan fingerprint density at radius 1 is 1.19 bits per heavy atom. The number of aromatic amines is 1. The summed E-state index contributed by atoms with van der Waals surface area (Å²) in [4.78, 5) is 27.4. The maximum absolute atomic E-state index is 13.8. The zero-order valence-corrected chi connectivity index (χ0v) is 17.0. The van der Waals surface area contributed by atoms with E-state index in [2.05, 4.69) is 25.7 Å². The number of piperidine rings is 1. The van der Waals surface area contributed by atoms with Crippen molar-refractivity contribution in [3.05, 3.63) is 47.3 Å². The molecule has 0 radical (unpaired) electrons. The highest BCUT2D eigenvalue weighted by molar-refractivity contribution is 6.08. The second-order valence-corrected chi connectivity index (χ2v) is 7.99. The number of amides is 2. The highest BCUT2D eigenvalue weighted by Crippen LogP contribution is 2.20. The van der Waals surface area contributed by atoms with Crippen molar-refractivity contribution in [2.45, 2.75) is 25.3 Å². The Morgan fingerprint density at radius 3 is 2.61 bits per heavy atom. The molecule has 0 bridgehead atoms. The van der Waals surface area contributed by atoms with Gasteiger partial charge < -0.3 is 20.3 Å². The van der Waals surface area contributed by atoms with Crippen LogP contribution in [-0.4, -0.2) is 65.8 Å². The predicted octanol–water partition coefficient (Wildman–Crippen LogP) is 2.42. The van der Waals surface area contributed by atoms with Crippen LogP contribution < -0.4 is 10.6 Å². The molecule has 3 N–H and O–H groups in total. The Balaban J connectivity index is 0.00000289. The molecule has 3 heterocycles. The van der Waals surface area contributed by atoms with Crippen LogP contribution in [0.4, 0.5) is 14.5 Å². The van der Waals surface area contributed by atoms with Crippen LogP contribution in [0.5, 0.6) is 0 Å². The van der Waals surface area contributed by atoms with Gasteiger partial charge in [-0.1, -0.05) is 6.07 Å². The molecule has 1 aromatic carbocycles. The van der Waals surface area contributed by atoms with Gasteiger partial charge in [-0.25, -0.2) is 8.78 Å². The smallest absolute Gasteiger partial charge is 0.271 e. The van der Waals surface area contributed by atoms with E-state index in [1.807, 2.05) is 0 Å². The Morgan fingerprint density at radius 2 is 1.94 bits per heavy atom. The molecule has 31 heavy (non-hydrogen) atoms. The lowest BCUT2D eigenvalue weighted by atomic mass is 10.0. The molecule has 1 atom stereocenters. The van der Waals surface area contributed by atoms with E-state index in [-0.39, 0.29) is 18.8 Å². The Kier molecular flexibility index (Phi) is 6.57. The second kappa shape index (κ2) is 9.52. The molecular formula is C21H27F2N5O3. The number of aromatic nitrogens is 2. The molecule has 0 spiro atoms. The van der Waals surface area contributed by atoms with Crippen molar-refractivity contribution in [1.29, 1.82) is 0 Å². The highest BCUT2D eigenvalue weighted by atomic mass is 19.1. The number of nitrogens with one attached hydrogen (secondary N) is 3. The summed E-state index contributed by atoms with van der Waals surface area (Å²) in [7, 11) is 0. The Bertz CT molecular complexity index is 923. The van der Waals surface area contributed by atoms with Gasteiger partial charge in [-0.3, -0.25) is 14.7 Å². The monoisotopic (exact) mass is 435 g/mol. The van der Waals surface area contributed by atoms with Crippen LogP contribution in [0.2, 0.25) is 0 Å². The van der Waals surface area contributed by atoms with E-state index in [9.17, 15) is 18.4 Å². The van der Waals surface area contributed by atoms with E-state index in [1.165, 1.54) is 12.3 Å². The first-order chi connectivity index (χ1) is 15.0. The van der Waals surface area contributed by atoms with Crippen LogP contribution >= 0.6 is 0 Å². The minimum atomic E-state index is -0.991. The second-order valence-electron chi connectivity index (χ2n) is 7.99. The quantitative estimate of drug-likeness (QED) is 0.647. The van der Waals surface area contributed by atoms with E-state index < -0.39 is 29.0 Å². The van der Waals surface area contributed by atoms with Crippen molar-refractivity contribution >= 4 is 17.5 Å². The number of halogens is 2. The molecule has 2 fully saturated rings. The fourth-order valence-electron chi connectivity index (χ4n) is 4.06. The molecular weight excluding hydrogens is 408 g/mol. The van der Waals surface area contributed by atoms with Gasteiger partial charge in [0.1, 0.15) is 22.9 Å². The number of carbonyl (C=O) groups excluding carboxylic acids is 2. The van der Waals surface area contributed by atoms with Gasteiger partial charge in [0.05, 0.1) is 18.5 Å². The number of hydrogen-bond acceptors (Lipinski definition) is 5. The minimum Gasteiger partial charge on any atom is -0.381 e. The molecule has 1 unspecified atom stereocenters. The van der Waals surface area contributed by atoms with Gasteiger partial charge >= 0.3 is 0 Å². The fourth-order valence-corrected chi connectivity index (χ4v) is 4.06. The number of rotatable bonds is 6. The lowest BCUT2D eigenvalue weighted by molar-refractivity contribution is 0.0899. The SMILES string of the molecule is O=C(NC1CCN(CC2CCOC2)CC1)c1[nH]ncc1NC(=O)c1c(F)cccc1F.[HH]. The van der Waals surface area contributed by atoms with Gasteiger partial charge in [-0.05, 0) is 37.3 Å². The van der Waals surface area contributed by atoms with Crippen LogP contribution in [0, 0.1) is 17.6 Å². The van der Waals surface area contributed by atoms with Gasteiger partial charge in [-0.15, -0.1) is 0 Å². The molecule has 2 amide bonds. The van der Waals surface area contributed by atoms with Gasteiger partial charge in [0, 0.05) is 33.7 Å². The topological polar surface area (TPSA) is 99.3 Å². The van der Waals surface area contributed by atoms with Crippen molar-refractivity contribution in [3.8, 4) is 0 Å². The molecule has 2 aliphatic heterocycles. The summed E-state index contributed by atoms with van der Waals surface area (Å²) in [6.45, 7) is 4.46. The standard InChI is InChI=1S/C21H25F2N5O3.H2/c22-15-2-1-3-16(23)18(15)20(29)26-17-10-24-27-19(17)21(30)25-14-4-7-28(8-5-14)11-13-6-9-31-12-13;/h1-3,10,13-14H,4-9,11-12H2,(H,24,27)(H,25,30)(H,26,29);1H. The van der Waals surface area contributed by atoms with E-state index >= 15 is 0 Å². The molecule has 0 aliphatic carbocycles. The highest BCUT2D eigenvalue weighted by Gasteiger charge is 2.26. The summed E-state index contributed by atoms with van der Waals surface area (Å²) < 4.78 is 33.1. The summed E-state index contributed by atoms with van der Waals surface area (Å²) in [5.41, 5.74) is -0.616. The van der Waals surface area contributed by atoms with Crippen molar-refractivity contribution in [3.63, 3.8) is 0 Å². The first kappa shape index (κ1) is 21.4. The van der Waals surface area contributed by atoms with E-state index in [0.29, 0.717) is 5.92 Å². The molecule has 10 heteroatoms. The first-order valence-corrected chi connectivity index (χ1v) is 10.4. The van der Waals surface area contributed by atoms with Gasteiger partial charge in [0.15, 0.2) is 0 Å². The number of ether oxygens (including phenoxy) is 1. The van der Waals surface area contributed by atoms with E-state index in [4.69, 9.17) is 4.74 Å². The molecule has 168 valence electrons. The number of likely N-dealkylation sites (tertiary alicyclic amines) is 1. The van der Waals surface area contributed by atoms with Gasteiger partial charge in [0.25, 0.3) is 11.8 Å². The lowest BCUT2D eigenvalue weighted by Gasteiger charge is -2.33. The third kappa shape index (κ3) is 5.08. The molecule has 4 rings (SSSR count). The lowest BCUT2D eigenvalue weighted by Crippen LogP contribution is -2.46. The Labute approximate surface area is 179 Å². The summed E-state index contributed by atoms with van der Waals surface area (Å²) in [5.74, 6) is -2.80. The van der Waals surface area contributed by atoms with Crippen molar-refractivity contribution in [1.82, 2.24) is 20.4 Å². The van der Waals surface area contributed by atoms with Crippen LogP contribution in [0.25, 0.3) is 0 Å². The Hall–Kier alpha value is -2.85. The van der Waals surface area contributed by atoms with Crippen molar-refractivity contribution in [2.75, 3.05) is 38.2 Å². The number of anilines is 1. The van der Waals surface area contributed by atoms with Crippen LogP contribution in [0.1, 0.15) is 41.5 Å².